The molecule has 1 aliphatic heterocycles. The van der Waals surface area contributed by atoms with Crippen LogP contribution in [0, 0.1) is 0 Å². The number of ether oxygens (including phenoxy) is 1. The molecule has 0 aliphatic carbocycles. The molecule has 0 radical (unpaired) electrons. The van der Waals surface area contributed by atoms with Crippen LogP contribution in [0.15, 0.2) is 18.2 Å². The molecular weight excluding hydrogens is 164 g/mol. The van der Waals surface area contributed by atoms with Crippen LogP contribution in [0.4, 0.5) is 0 Å². The van der Waals surface area contributed by atoms with Gasteiger partial charge in [0.1, 0.15) is 5.75 Å². The Kier molecular flexibility index (Phi) is 2.20. The number of fused-ring (bicyclic) bond motifs is 1. The monoisotopic (exact) mass is 178 g/mol. The highest BCUT2D eigenvalue weighted by molar-refractivity contribution is 5.45. The second kappa shape index (κ2) is 3.36. The summed E-state index contributed by atoms with van der Waals surface area (Å²) in [6.07, 6.45) is 1.01. The molecule has 1 atom stereocenters. The molecule has 3 heteroatoms. The van der Waals surface area contributed by atoms with Gasteiger partial charge in [-0.1, -0.05) is 18.2 Å². The molecule has 0 fully saturated rings. The second-order valence-electron chi connectivity index (χ2n) is 3.32. The third-order valence-corrected chi connectivity index (χ3v) is 2.46. The average molecular weight is 178 g/mol. The maximum atomic E-state index is 5.56. The molecule has 3 nitrogen and oxygen atoms in total. The molecule has 70 valence electrons. The van der Waals surface area contributed by atoms with E-state index in [2.05, 4.69) is 23.6 Å². The van der Waals surface area contributed by atoms with Crippen LogP contribution in [0.1, 0.15) is 24.1 Å². The predicted molar refractivity (Wildman–Crippen MR) is 51.4 cm³/mol. The van der Waals surface area contributed by atoms with Crippen LogP contribution in [-0.4, -0.2) is 6.61 Å². The van der Waals surface area contributed by atoms with E-state index in [-0.39, 0.29) is 6.04 Å². The quantitative estimate of drug-likeness (QED) is 0.527. The van der Waals surface area contributed by atoms with Crippen LogP contribution in [-0.2, 0) is 6.42 Å². The van der Waals surface area contributed by atoms with Crippen molar-refractivity contribution in [1.29, 1.82) is 0 Å². The first-order valence-electron chi connectivity index (χ1n) is 4.53. The Morgan fingerprint density at radius 2 is 2.38 bits per heavy atom. The van der Waals surface area contributed by atoms with Gasteiger partial charge < -0.3 is 4.74 Å². The molecule has 13 heavy (non-hydrogen) atoms. The van der Waals surface area contributed by atoms with Crippen molar-refractivity contribution < 1.29 is 4.74 Å². The fourth-order valence-corrected chi connectivity index (χ4v) is 1.67. The van der Waals surface area contributed by atoms with Gasteiger partial charge in [0.2, 0.25) is 0 Å². The van der Waals surface area contributed by atoms with Crippen LogP contribution in [0.25, 0.3) is 0 Å². The van der Waals surface area contributed by atoms with Crippen LogP contribution in [0.5, 0.6) is 5.75 Å². The summed E-state index contributed by atoms with van der Waals surface area (Å²) in [4.78, 5) is 0. The van der Waals surface area contributed by atoms with E-state index in [9.17, 15) is 0 Å². The van der Waals surface area contributed by atoms with Crippen molar-refractivity contribution in [2.75, 3.05) is 6.61 Å². The summed E-state index contributed by atoms with van der Waals surface area (Å²) in [6, 6.07) is 6.36. The van der Waals surface area contributed by atoms with E-state index < -0.39 is 0 Å². The van der Waals surface area contributed by atoms with E-state index in [4.69, 9.17) is 10.6 Å². The zero-order valence-corrected chi connectivity index (χ0v) is 7.71. The van der Waals surface area contributed by atoms with Crippen molar-refractivity contribution in [3.63, 3.8) is 0 Å². The van der Waals surface area contributed by atoms with Gasteiger partial charge in [0.25, 0.3) is 0 Å². The molecule has 1 aromatic carbocycles. The molecule has 1 heterocycles. The topological polar surface area (TPSA) is 47.3 Å². The normalized spacial score (nSPS) is 16.5. The van der Waals surface area contributed by atoms with Gasteiger partial charge in [0.05, 0.1) is 6.61 Å². The van der Waals surface area contributed by atoms with Crippen LogP contribution in [0.2, 0.25) is 0 Å². The minimum atomic E-state index is 0.146. The van der Waals surface area contributed by atoms with Crippen molar-refractivity contribution in [2.24, 2.45) is 5.84 Å². The minimum absolute atomic E-state index is 0.146. The summed E-state index contributed by atoms with van der Waals surface area (Å²) in [7, 11) is 0. The predicted octanol–water partition coefficient (Wildman–Crippen LogP) is 1.15. The second-order valence-corrected chi connectivity index (χ2v) is 3.32. The van der Waals surface area contributed by atoms with Gasteiger partial charge in [-0.25, -0.2) is 0 Å². The smallest absolute Gasteiger partial charge is 0.127 e. The fourth-order valence-electron chi connectivity index (χ4n) is 1.67. The lowest BCUT2D eigenvalue weighted by Crippen LogP contribution is -2.25. The van der Waals surface area contributed by atoms with Gasteiger partial charge in [0, 0.05) is 18.0 Å². The number of hydrazine groups is 1. The first-order valence-corrected chi connectivity index (χ1v) is 4.53. The fraction of sp³-hybridized carbons (Fsp3) is 0.400. The van der Waals surface area contributed by atoms with Crippen LogP contribution in [0.3, 0.4) is 0 Å². The molecule has 0 saturated carbocycles. The molecule has 0 aromatic heterocycles. The Morgan fingerprint density at radius 3 is 3.15 bits per heavy atom. The highest BCUT2D eigenvalue weighted by atomic mass is 16.5. The molecule has 0 amide bonds. The molecule has 1 aromatic rings. The number of nitrogens with two attached hydrogens (primary N) is 1. The maximum Gasteiger partial charge on any atom is 0.127 e. The summed E-state index contributed by atoms with van der Waals surface area (Å²) in [6.45, 7) is 2.82. The third-order valence-electron chi connectivity index (χ3n) is 2.46. The minimum Gasteiger partial charge on any atom is -0.493 e. The number of hydrogen-bond acceptors (Lipinski definition) is 3. The van der Waals surface area contributed by atoms with Crippen LogP contribution < -0.4 is 16.0 Å². The van der Waals surface area contributed by atoms with E-state index in [0.29, 0.717) is 0 Å². The van der Waals surface area contributed by atoms with E-state index in [1.54, 1.807) is 0 Å². The van der Waals surface area contributed by atoms with E-state index in [0.717, 1.165) is 24.3 Å². The Balaban J connectivity index is 2.41. The molecule has 0 bridgehead atoms. The largest absolute Gasteiger partial charge is 0.493 e. The number of benzene rings is 1. The zero-order valence-electron chi connectivity index (χ0n) is 7.71. The van der Waals surface area contributed by atoms with Crippen molar-refractivity contribution in [3.05, 3.63) is 29.3 Å². The molecule has 0 saturated heterocycles. The summed E-state index contributed by atoms with van der Waals surface area (Å²) < 4.78 is 5.56. The van der Waals surface area contributed by atoms with Crippen molar-refractivity contribution in [3.8, 4) is 5.75 Å². The Labute approximate surface area is 77.9 Å². The highest BCUT2D eigenvalue weighted by Gasteiger charge is 2.18. The summed E-state index contributed by atoms with van der Waals surface area (Å²) in [5.74, 6) is 6.41. The number of rotatable bonds is 2. The zero-order chi connectivity index (χ0) is 9.26. The van der Waals surface area contributed by atoms with E-state index in [1.807, 2.05) is 6.92 Å². The molecule has 3 N–H and O–H groups in total. The van der Waals surface area contributed by atoms with E-state index >= 15 is 0 Å². The van der Waals surface area contributed by atoms with Gasteiger partial charge in [-0.2, -0.15) is 0 Å². The lowest BCUT2D eigenvalue weighted by molar-refractivity contribution is 0.349. The lowest BCUT2D eigenvalue weighted by Gasteiger charge is -2.13. The number of nitrogens with one attached hydrogen (secondary N) is 1. The maximum absolute atomic E-state index is 5.56. The number of hydrogen-bond donors (Lipinski definition) is 2. The van der Waals surface area contributed by atoms with Gasteiger partial charge in [-0.15, -0.1) is 0 Å². The first-order chi connectivity index (χ1) is 6.33. The third kappa shape index (κ3) is 1.41. The van der Waals surface area contributed by atoms with Crippen LogP contribution >= 0.6 is 0 Å². The van der Waals surface area contributed by atoms with Crippen molar-refractivity contribution in [2.45, 2.75) is 19.4 Å². The van der Waals surface area contributed by atoms with Crippen molar-refractivity contribution in [1.82, 2.24) is 5.43 Å². The molecule has 1 unspecified atom stereocenters. The highest BCUT2D eigenvalue weighted by Crippen LogP contribution is 2.32. The molecular formula is C10H14N2O. The molecule has 0 spiro atoms. The summed E-state index contributed by atoms with van der Waals surface area (Å²) in [5, 5.41) is 0. The van der Waals surface area contributed by atoms with Gasteiger partial charge in [0.15, 0.2) is 0 Å². The van der Waals surface area contributed by atoms with Gasteiger partial charge in [-0.05, 0) is 12.5 Å². The average Bonchev–Trinajstić information content (AvgIpc) is 2.63. The summed E-state index contributed by atoms with van der Waals surface area (Å²) in [5.41, 5.74) is 5.17. The summed E-state index contributed by atoms with van der Waals surface area (Å²) >= 11 is 0. The van der Waals surface area contributed by atoms with E-state index in [1.165, 1.54) is 5.56 Å². The molecule has 2 rings (SSSR count). The van der Waals surface area contributed by atoms with Gasteiger partial charge in [-0.3, -0.25) is 11.3 Å². The lowest BCUT2D eigenvalue weighted by atomic mass is 10.0. The molecule has 1 aliphatic rings. The Hall–Kier alpha value is -1.06. The number of para-hydroxylation sites is 1. The first kappa shape index (κ1) is 8.53. The SMILES string of the molecule is CC(NN)c1cccc2c1OCC2. The van der Waals surface area contributed by atoms with Gasteiger partial charge >= 0.3 is 0 Å². The standard InChI is InChI=1S/C10H14N2O/c1-7(12-11)9-4-2-3-8-5-6-13-10(8)9/h2-4,7,12H,5-6,11H2,1H3. The Morgan fingerprint density at radius 1 is 1.54 bits per heavy atom. The Bertz CT molecular complexity index is 312. The van der Waals surface area contributed by atoms with Crippen molar-refractivity contribution >= 4 is 0 Å².